The van der Waals surface area contributed by atoms with Crippen LogP contribution in [0.3, 0.4) is 0 Å². The molecule has 188 valence electrons. The summed E-state index contributed by atoms with van der Waals surface area (Å²) in [6, 6.07) is 7.88. The highest BCUT2D eigenvalue weighted by Crippen LogP contribution is 2.29. The standard InChI is InChI=1S/C24H32F2N8O/c1-15-14-35-13-12-33(15)23-29-22(27-16-8-10-17(11-9-16)32(2)3)30-24(31-23)34-19-7-5-4-6-18(19)28-21(34)20(25)26/h4-7,15-17,20H,8-14H2,1-3H3,(H,27,29,30,31)/t15-,16?,17?/m1/s1. The van der Waals surface area contributed by atoms with Crippen molar-refractivity contribution in [1.82, 2.24) is 29.4 Å². The van der Waals surface area contributed by atoms with Crippen molar-refractivity contribution in [2.24, 2.45) is 0 Å². The van der Waals surface area contributed by atoms with Gasteiger partial charge in [0.25, 0.3) is 6.43 Å². The van der Waals surface area contributed by atoms with E-state index in [-0.39, 0.29) is 23.9 Å². The van der Waals surface area contributed by atoms with Crippen LogP contribution in [0.25, 0.3) is 17.0 Å². The predicted molar refractivity (Wildman–Crippen MR) is 130 cm³/mol. The molecule has 1 saturated carbocycles. The summed E-state index contributed by atoms with van der Waals surface area (Å²) in [7, 11) is 4.23. The maximum atomic E-state index is 14.0. The molecular formula is C24H32F2N8O. The minimum absolute atomic E-state index is 0.0523. The van der Waals surface area contributed by atoms with Crippen molar-refractivity contribution < 1.29 is 13.5 Å². The Hall–Kier alpha value is -2.92. The van der Waals surface area contributed by atoms with Gasteiger partial charge in [0.2, 0.25) is 17.8 Å². The van der Waals surface area contributed by atoms with Crippen molar-refractivity contribution >= 4 is 22.9 Å². The first-order valence-corrected chi connectivity index (χ1v) is 12.2. The molecule has 2 fully saturated rings. The maximum Gasteiger partial charge on any atom is 0.296 e. The van der Waals surface area contributed by atoms with Gasteiger partial charge in [0.1, 0.15) is 0 Å². The van der Waals surface area contributed by atoms with E-state index < -0.39 is 6.43 Å². The number of aromatic nitrogens is 5. The number of nitrogens with zero attached hydrogens (tertiary/aromatic N) is 7. The van der Waals surface area contributed by atoms with Crippen LogP contribution >= 0.6 is 0 Å². The normalized spacial score (nSPS) is 23.4. The third-order valence-corrected chi connectivity index (χ3v) is 6.98. The molecule has 0 radical (unpaired) electrons. The minimum Gasteiger partial charge on any atom is -0.377 e. The van der Waals surface area contributed by atoms with E-state index >= 15 is 0 Å². The maximum absolute atomic E-state index is 14.0. The largest absolute Gasteiger partial charge is 0.377 e. The van der Waals surface area contributed by atoms with Crippen molar-refractivity contribution in [3.63, 3.8) is 0 Å². The molecular weight excluding hydrogens is 454 g/mol. The van der Waals surface area contributed by atoms with E-state index in [1.54, 1.807) is 24.3 Å². The molecule has 2 aliphatic rings. The number of imidazole rings is 1. The molecule has 0 amide bonds. The van der Waals surface area contributed by atoms with E-state index in [2.05, 4.69) is 39.3 Å². The van der Waals surface area contributed by atoms with Gasteiger partial charge in [-0.1, -0.05) is 12.1 Å². The zero-order valence-corrected chi connectivity index (χ0v) is 20.4. The summed E-state index contributed by atoms with van der Waals surface area (Å²) in [5, 5.41) is 3.47. The third-order valence-electron chi connectivity index (χ3n) is 6.98. The van der Waals surface area contributed by atoms with Crippen molar-refractivity contribution in [2.45, 2.75) is 57.2 Å². The summed E-state index contributed by atoms with van der Waals surface area (Å²) in [5.74, 6) is 0.612. The van der Waals surface area contributed by atoms with Crippen LogP contribution in [0.2, 0.25) is 0 Å². The number of benzene rings is 1. The highest BCUT2D eigenvalue weighted by Gasteiger charge is 2.28. The van der Waals surface area contributed by atoms with Crippen molar-refractivity contribution in [3.8, 4) is 5.95 Å². The summed E-state index contributed by atoms with van der Waals surface area (Å²) >= 11 is 0. The smallest absolute Gasteiger partial charge is 0.296 e. The molecule has 0 spiro atoms. The van der Waals surface area contributed by atoms with Crippen LogP contribution in [-0.4, -0.2) is 81.4 Å². The number of nitrogens with one attached hydrogen (secondary N) is 1. The topological polar surface area (TPSA) is 84.2 Å². The molecule has 11 heteroatoms. The van der Waals surface area contributed by atoms with Crippen LogP contribution in [0.1, 0.15) is 44.9 Å². The molecule has 1 saturated heterocycles. The Bertz CT molecular complexity index is 1160. The lowest BCUT2D eigenvalue weighted by atomic mass is 9.91. The number of hydrogen-bond acceptors (Lipinski definition) is 8. The van der Waals surface area contributed by atoms with Gasteiger partial charge < -0.3 is 19.9 Å². The Balaban J connectivity index is 1.55. The average Bonchev–Trinajstić information content (AvgIpc) is 3.25. The second kappa shape index (κ2) is 9.98. The number of morpholine rings is 1. The molecule has 1 N–H and O–H groups in total. The molecule has 1 aliphatic carbocycles. The second-order valence-electron chi connectivity index (χ2n) is 9.58. The van der Waals surface area contributed by atoms with E-state index in [0.29, 0.717) is 48.7 Å². The Labute approximate surface area is 203 Å². The Morgan fingerprint density at radius 3 is 2.49 bits per heavy atom. The monoisotopic (exact) mass is 486 g/mol. The summed E-state index contributed by atoms with van der Waals surface area (Å²) < 4.78 is 35.0. The fourth-order valence-electron chi connectivity index (χ4n) is 4.99. The second-order valence-corrected chi connectivity index (χ2v) is 9.58. The number of ether oxygens (including phenoxy) is 1. The van der Waals surface area contributed by atoms with Gasteiger partial charge in [0.05, 0.1) is 30.3 Å². The molecule has 2 aromatic heterocycles. The first kappa shape index (κ1) is 23.8. The van der Waals surface area contributed by atoms with Crippen LogP contribution < -0.4 is 10.2 Å². The number of anilines is 2. The summed E-state index contributed by atoms with van der Waals surface area (Å²) in [6.45, 7) is 3.76. The highest BCUT2D eigenvalue weighted by molar-refractivity contribution is 5.77. The molecule has 3 aromatic rings. The van der Waals surface area contributed by atoms with Gasteiger partial charge in [0.15, 0.2) is 5.82 Å². The van der Waals surface area contributed by atoms with Crippen LogP contribution in [-0.2, 0) is 4.74 Å². The van der Waals surface area contributed by atoms with Gasteiger partial charge in [-0.25, -0.2) is 13.8 Å². The van der Waals surface area contributed by atoms with E-state index in [1.165, 1.54) is 4.57 Å². The lowest BCUT2D eigenvalue weighted by Crippen LogP contribution is -2.45. The summed E-state index contributed by atoms with van der Waals surface area (Å²) in [5.41, 5.74) is 1.01. The first-order valence-electron chi connectivity index (χ1n) is 12.2. The summed E-state index contributed by atoms with van der Waals surface area (Å²) in [4.78, 5) is 22.5. The number of rotatable bonds is 6. The minimum atomic E-state index is -2.78. The Morgan fingerprint density at radius 2 is 1.77 bits per heavy atom. The van der Waals surface area contributed by atoms with Crippen LogP contribution in [0.4, 0.5) is 20.7 Å². The molecule has 9 nitrogen and oxygen atoms in total. The number of para-hydroxylation sites is 2. The lowest BCUT2D eigenvalue weighted by Gasteiger charge is -2.34. The van der Waals surface area contributed by atoms with Gasteiger partial charge in [0, 0.05) is 18.6 Å². The fraction of sp³-hybridized carbons (Fsp3) is 0.583. The Morgan fingerprint density at radius 1 is 1.03 bits per heavy atom. The van der Waals surface area contributed by atoms with Gasteiger partial charge >= 0.3 is 0 Å². The summed E-state index contributed by atoms with van der Waals surface area (Å²) in [6.07, 6.45) is 1.37. The van der Waals surface area contributed by atoms with Crippen LogP contribution in [0.5, 0.6) is 0 Å². The van der Waals surface area contributed by atoms with Gasteiger partial charge in [-0.15, -0.1) is 0 Å². The average molecular weight is 487 g/mol. The van der Waals surface area contributed by atoms with Crippen molar-refractivity contribution in [3.05, 3.63) is 30.1 Å². The van der Waals surface area contributed by atoms with Crippen molar-refractivity contribution in [1.29, 1.82) is 0 Å². The lowest BCUT2D eigenvalue weighted by molar-refractivity contribution is 0.0980. The third kappa shape index (κ3) is 4.92. The van der Waals surface area contributed by atoms with Crippen molar-refractivity contribution in [2.75, 3.05) is 44.1 Å². The van der Waals surface area contributed by atoms with E-state index in [9.17, 15) is 8.78 Å². The van der Waals surface area contributed by atoms with E-state index in [1.807, 2.05) is 11.8 Å². The first-order chi connectivity index (χ1) is 16.9. The molecule has 1 aliphatic heterocycles. The molecule has 1 aromatic carbocycles. The fourth-order valence-corrected chi connectivity index (χ4v) is 4.99. The zero-order chi connectivity index (χ0) is 24.5. The number of fused-ring (bicyclic) bond motifs is 1. The predicted octanol–water partition coefficient (Wildman–Crippen LogP) is 3.66. The number of alkyl halides is 2. The van der Waals surface area contributed by atoms with E-state index in [0.717, 1.165) is 25.7 Å². The molecule has 0 bridgehead atoms. The highest BCUT2D eigenvalue weighted by atomic mass is 19.3. The number of hydrogen-bond donors (Lipinski definition) is 1. The molecule has 35 heavy (non-hydrogen) atoms. The molecule has 5 rings (SSSR count). The molecule has 0 unspecified atom stereocenters. The van der Waals surface area contributed by atoms with E-state index in [4.69, 9.17) is 9.72 Å². The Kier molecular flexibility index (Phi) is 6.79. The quantitative estimate of drug-likeness (QED) is 0.565. The molecule has 1 atom stereocenters. The number of halogens is 2. The van der Waals surface area contributed by atoms with Gasteiger partial charge in [-0.3, -0.25) is 4.57 Å². The molecule has 3 heterocycles. The van der Waals surface area contributed by atoms with Crippen LogP contribution in [0.15, 0.2) is 24.3 Å². The van der Waals surface area contributed by atoms with Crippen LogP contribution in [0, 0.1) is 0 Å². The SMILES string of the molecule is C[C@@H]1COCCN1c1nc(NC2CCC(N(C)C)CC2)nc(-n2c(C(F)F)nc3ccccc32)n1. The van der Waals surface area contributed by atoms with Gasteiger partial charge in [-0.05, 0) is 58.8 Å². The van der Waals surface area contributed by atoms with Gasteiger partial charge in [-0.2, -0.15) is 15.0 Å². The zero-order valence-electron chi connectivity index (χ0n) is 20.4.